The van der Waals surface area contributed by atoms with Crippen molar-refractivity contribution >= 4 is 52.4 Å². The zero-order valence-corrected chi connectivity index (χ0v) is 24.1. The van der Waals surface area contributed by atoms with Crippen LogP contribution in [0.4, 0.5) is 17.1 Å². The van der Waals surface area contributed by atoms with E-state index in [0.717, 1.165) is 11.3 Å². The monoisotopic (exact) mass is 594 g/mol. The third-order valence-electron chi connectivity index (χ3n) is 6.39. The van der Waals surface area contributed by atoms with Crippen molar-refractivity contribution in [3.8, 4) is 11.5 Å². The molecular formula is C30H31ClN4O7. The van der Waals surface area contributed by atoms with Gasteiger partial charge in [-0.3, -0.25) is 19.2 Å². The average molecular weight is 595 g/mol. The molecule has 0 radical (unpaired) electrons. The Kier molecular flexibility index (Phi) is 10.00. The van der Waals surface area contributed by atoms with E-state index in [1.807, 2.05) is 37.2 Å². The van der Waals surface area contributed by atoms with Crippen molar-refractivity contribution in [2.75, 3.05) is 43.3 Å². The van der Waals surface area contributed by atoms with E-state index in [1.54, 1.807) is 30.3 Å². The van der Waals surface area contributed by atoms with Crippen LogP contribution in [0.3, 0.4) is 0 Å². The number of hydrogen-bond donors (Lipinski definition) is 3. The summed E-state index contributed by atoms with van der Waals surface area (Å²) in [4.78, 5) is 52.5. The van der Waals surface area contributed by atoms with Gasteiger partial charge in [-0.2, -0.15) is 0 Å². The number of nitrogens with one attached hydrogen (secondary N) is 3. The van der Waals surface area contributed by atoms with Crippen molar-refractivity contribution in [3.05, 3.63) is 76.8 Å². The van der Waals surface area contributed by atoms with Crippen molar-refractivity contribution in [1.29, 1.82) is 0 Å². The van der Waals surface area contributed by atoms with Crippen LogP contribution in [0.5, 0.6) is 11.5 Å². The number of methoxy groups -OCH3 is 1. The fraction of sp³-hybridized carbons (Fsp3) is 0.267. The van der Waals surface area contributed by atoms with E-state index in [-0.39, 0.29) is 48.7 Å². The molecule has 3 N–H and O–H groups in total. The maximum atomic E-state index is 13.2. The predicted molar refractivity (Wildman–Crippen MR) is 158 cm³/mol. The summed E-state index contributed by atoms with van der Waals surface area (Å²) in [7, 11) is 5.02. The number of esters is 1. The van der Waals surface area contributed by atoms with Crippen molar-refractivity contribution in [2.45, 2.75) is 25.5 Å². The second-order valence-electron chi connectivity index (χ2n) is 9.65. The van der Waals surface area contributed by atoms with Crippen molar-refractivity contribution in [3.63, 3.8) is 0 Å². The van der Waals surface area contributed by atoms with Crippen molar-refractivity contribution in [2.24, 2.45) is 0 Å². The maximum absolute atomic E-state index is 13.2. The summed E-state index contributed by atoms with van der Waals surface area (Å²) in [6.45, 7) is -0.165. The van der Waals surface area contributed by atoms with Gasteiger partial charge in [0, 0.05) is 37.3 Å². The van der Waals surface area contributed by atoms with Gasteiger partial charge in [-0.15, -0.1) is 0 Å². The fourth-order valence-corrected chi connectivity index (χ4v) is 4.34. The third-order valence-corrected chi connectivity index (χ3v) is 6.76. The van der Waals surface area contributed by atoms with Gasteiger partial charge >= 0.3 is 5.97 Å². The van der Waals surface area contributed by atoms with Crippen LogP contribution in [0.1, 0.15) is 28.8 Å². The normalized spacial score (nSPS) is 14.1. The molecule has 1 heterocycles. The second-order valence-corrected chi connectivity index (χ2v) is 10.1. The first-order valence-corrected chi connectivity index (χ1v) is 13.4. The van der Waals surface area contributed by atoms with Crippen LogP contribution in [0, 0.1) is 0 Å². The topological polar surface area (TPSA) is 135 Å². The van der Waals surface area contributed by atoms with E-state index in [1.165, 1.54) is 19.2 Å². The minimum Gasteiger partial charge on any atom is -0.469 e. The molecule has 0 bridgehead atoms. The molecule has 1 aliphatic rings. The zero-order chi connectivity index (χ0) is 30.2. The largest absolute Gasteiger partial charge is 0.469 e. The molecule has 4 rings (SSSR count). The SMILES string of the molecule is COC(=O)CC[C@H]1NC(=O)c2cc(Oc3cccc(N(C)C)c3)c(NC(=O)COCc3ccccc3Cl)cc2NC1=O. The number of fused-ring (bicyclic) bond motifs is 1. The maximum Gasteiger partial charge on any atom is 0.305 e. The van der Waals surface area contributed by atoms with Crippen LogP contribution in [0.15, 0.2) is 60.7 Å². The summed E-state index contributed by atoms with van der Waals surface area (Å²) >= 11 is 6.16. The Labute approximate surface area is 248 Å². The number of rotatable bonds is 11. The molecule has 1 atom stereocenters. The molecule has 0 saturated heterocycles. The predicted octanol–water partition coefficient (Wildman–Crippen LogP) is 4.36. The smallest absolute Gasteiger partial charge is 0.305 e. The minimum atomic E-state index is -0.971. The van der Waals surface area contributed by atoms with Crippen molar-refractivity contribution in [1.82, 2.24) is 5.32 Å². The first-order chi connectivity index (χ1) is 20.1. The molecule has 220 valence electrons. The van der Waals surface area contributed by atoms with Gasteiger partial charge in [0.05, 0.1) is 30.7 Å². The number of amides is 3. The van der Waals surface area contributed by atoms with Crippen LogP contribution in [0.2, 0.25) is 5.02 Å². The quantitative estimate of drug-likeness (QED) is 0.279. The molecule has 0 aromatic heterocycles. The number of carbonyl (C=O) groups excluding carboxylic acids is 4. The number of benzene rings is 3. The Bertz CT molecular complexity index is 1490. The summed E-state index contributed by atoms with van der Waals surface area (Å²) in [5.74, 6) is -1.43. The highest BCUT2D eigenvalue weighted by Gasteiger charge is 2.30. The molecule has 12 heteroatoms. The van der Waals surface area contributed by atoms with Gasteiger partial charge in [-0.1, -0.05) is 35.9 Å². The summed E-state index contributed by atoms with van der Waals surface area (Å²) in [6, 6.07) is 16.3. The minimum absolute atomic E-state index is 0.0469. The Balaban J connectivity index is 1.59. The number of halogens is 1. The summed E-state index contributed by atoms with van der Waals surface area (Å²) in [5.41, 5.74) is 2.10. The highest BCUT2D eigenvalue weighted by atomic mass is 35.5. The lowest BCUT2D eigenvalue weighted by atomic mass is 10.1. The Morgan fingerprint density at radius 2 is 1.83 bits per heavy atom. The van der Waals surface area contributed by atoms with Gasteiger partial charge in [0.15, 0.2) is 5.75 Å². The van der Waals surface area contributed by atoms with Crippen LogP contribution in [-0.2, 0) is 30.5 Å². The molecule has 0 unspecified atom stereocenters. The van der Waals surface area contributed by atoms with Gasteiger partial charge < -0.3 is 35.1 Å². The molecular weight excluding hydrogens is 564 g/mol. The number of carbonyl (C=O) groups is 4. The molecule has 0 aliphatic carbocycles. The average Bonchev–Trinajstić information content (AvgIpc) is 3.08. The lowest BCUT2D eigenvalue weighted by Crippen LogP contribution is -2.41. The molecule has 0 saturated carbocycles. The number of hydrogen-bond acceptors (Lipinski definition) is 8. The molecule has 3 amide bonds. The zero-order valence-electron chi connectivity index (χ0n) is 23.4. The highest BCUT2D eigenvalue weighted by molar-refractivity contribution is 6.31. The molecule has 0 spiro atoms. The molecule has 1 aliphatic heterocycles. The highest BCUT2D eigenvalue weighted by Crippen LogP contribution is 2.37. The first-order valence-electron chi connectivity index (χ1n) is 13.1. The number of ether oxygens (including phenoxy) is 3. The standard InChI is InChI=1S/C30H31ClN4O7/c1-35(2)19-8-6-9-20(13-19)42-26-14-21-24(34-30(39)23(33-29(21)38)11-12-28(37)40-3)15-25(26)32-27(36)17-41-16-18-7-4-5-10-22(18)31/h4-10,13-15,23H,11-12,16-17H2,1-3H3,(H,32,36)(H,33,38)(H,34,39)/t23-/m1/s1. The van der Waals surface area contributed by atoms with Crippen LogP contribution in [0.25, 0.3) is 0 Å². The van der Waals surface area contributed by atoms with E-state index in [0.29, 0.717) is 10.8 Å². The van der Waals surface area contributed by atoms with Gasteiger partial charge in [-0.05, 0) is 42.3 Å². The van der Waals surface area contributed by atoms with Gasteiger partial charge in [-0.25, -0.2) is 0 Å². The lowest BCUT2D eigenvalue weighted by molar-refractivity contribution is -0.140. The van der Waals surface area contributed by atoms with E-state index in [9.17, 15) is 19.2 Å². The lowest BCUT2D eigenvalue weighted by Gasteiger charge is -2.18. The Morgan fingerprint density at radius 1 is 1.05 bits per heavy atom. The van der Waals surface area contributed by atoms with Crippen LogP contribution in [-0.4, -0.2) is 57.5 Å². The van der Waals surface area contributed by atoms with Crippen LogP contribution < -0.4 is 25.6 Å². The summed E-state index contributed by atoms with van der Waals surface area (Å²) < 4.78 is 16.3. The van der Waals surface area contributed by atoms with E-state index >= 15 is 0 Å². The molecule has 3 aromatic carbocycles. The van der Waals surface area contributed by atoms with Crippen molar-refractivity contribution < 1.29 is 33.4 Å². The summed E-state index contributed by atoms with van der Waals surface area (Å²) in [6.07, 6.45) is -0.0113. The van der Waals surface area contributed by atoms with E-state index in [4.69, 9.17) is 21.1 Å². The molecule has 0 fully saturated rings. The van der Waals surface area contributed by atoms with Gasteiger partial charge in [0.2, 0.25) is 11.8 Å². The molecule has 11 nitrogen and oxygen atoms in total. The number of anilines is 3. The molecule has 3 aromatic rings. The van der Waals surface area contributed by atoms with E-state index < -0.39 is 29.7 Å². The summed E-state index contributed by atoms with van der Waals surface area (Å²) in [5, 5.41) is 8.64. The number of nitrogens with zero attached hydrogens (tertiary/aromatic N) is 1. The van der Waals surface area contributed by atoms with Gasteiger partial charge in [0.1, 0.15) is 18.4 Å². The van der Waals surface area contributed by atoms with E-state index in [2.05, 4.69) is 20.7 Å². The molecule has 42 heavy (non-hydrogen) atoms. The Hall–Kier alpha value is -4.61. The van der Waals surface area contributed by atoms with Crippen LogP contribution >= 0.6 is 11.6 Å². The second kappa shape index (κ2) is 13.8. The Morgan fingerprint density at radius 3 is 2.57 bits per heavy atom. The fourth-order valence-electron chi connectivity index (χ4n) is 4.15. The first kappa shape index (κ1) is 30.4. The third kappa shape index (κ3) is 7.77. The van der Waals surface area contributed by atoms with Gasteiger partial charge in [0.25, 0.3) is 5.91 Å².